The highest BCUT2D eigenvalue weighted by atomic mass is 16.4. The maximum absolute atomic E-state index is 12.4. The number of aromatic nitrogens is 4. The van der Waals surface area contributed by atoms with Gasteiger partial charge in [-0.1, -0.05) is 5.10 Å². The third-order valence-corrected chi connectivity index (χ3v) is 4.46. The molecule has 0 atom stereocenters. The van der Waals surface area contributed by atoms with Crippen LogP contribution in [0.25, 0.3) is 11.6 Å². The number of benzene rings is 1. The van der Waals surface area contributed by atoms with Gasteiger partial charge in [-0.05, 0) is 44.2 Å². The fourth-order valence-corrected chi connectivity index (χ4v) is 3.07. The van der Waals surface area contributed by atoms with Crippen LogP contribution in [0.4, 0.5) is 11.7 Å². The molecule has 1 aliphatic rings. The van der Waals surface area contributed by atoms with E-state index in [1.54, 1.807) is 29.1 Å². The number of carbonyl (C=O) groups excluding carboxylic acids is 3. The van der Waals surface area contributed by atoms with E-state index in [1.165, 1.54) is 12.1 Å². The molecule has 3 amide bonds. The van der Waals surface area contributed by atoms with Gasteiger partial charge in [0, 0.05) is 30.6 Å². The lowest BCUT2D eigenvalue weighted by Gasteiger charge is -2.13. The van der Waals surface area contributed by atoms with Crippen molar-refractivity contribution in [2.24, 2.45) is 0 Å². The van der Waals surface area contributed by atoms with Crippen molar-refractivity contribution in [2.75, 3.05) is 10.2 Å². The number of hydrogen-bond donors (Lipinski definition) is 1. The van der Waals surface area contributed by atoms with Crippen LogP contribution in [0.3, 0.4) is 0 Å². The van der Waals surface area contributed by atoms with Crippen molar-refractivity contribution in [2.45, 2.75) is 32.7 Å². The maximum atomic E-state index is 12.4. The number of nitrogens with zero attached hydrogens (tertiary/aromatic N) is 5. The Morgan fingerprint density at radius 1 is 1.07 bits per heavy atom. The number of nitrogens with one attached hydrogen (secondary N) is 1. The summed E-state index contributed by atoms with van der Waals surface area (Å²) in [7, 11) is 0. The van der Waals surface area contributed by atoms with Gasteiger partial charge in [0.2, 0.25) is 11.8 Å². The average molecular weight is 394 g/mol. The molecule has 0 unspecified atom stereocenters. The van der Waals surface area contributed by atoms with Gasteiger partial charge in [0.15, 0.2) is 0 Å². The first-order valence-corrected chi connectivity index (χ1v) is 9.08. The van der Waals surface area contributed by atoms with Crippen molar-refractivity contribution in [1.29, 1.82) is 0 Å². The molecule has 0 saturated carbocycles. The summed E-state index contributed by atoms with van der Waals surface area (Å²) in [5.74, 6) is -0.700. The molecule has 0 radical (unpaired) electrons. The summed E-state index contributed by atoms with van der Waals surface area (Å²) in [6, 6.07) is 7.96. The molecule has 1 saturated heterocycles. The molecule has 0 aliphatic carbocycles. The van der Waals surface area contributed by atoms with Gasteiger partial charge in [-0.2, -0.15) is 5.10 Å². The van der Waals surface area contributed by atoms with Gasteiger partial charge in [-0.25, -0.2) is 0 Å². The summed E-state index contributed by atoms with van der Waals surface area (Å²) in [5.41, 5.74) is 1.41. The summed E-state index contributed by atoms with van der Waals surface area (Å²) >= 11 is 0. The Hall–Kier alpha value is -3.82. The van der Waals surface area contributed by atoms with Gasteiger partial charge in [-0.15, -0.1) is 5.10 Å². The first-order chi connectivity index (χ1) is 13.9. The van der Waals surface area contributed by atoms with Crippen LogP contribution in [0.2, 0.25) is 0 Å². The second kappa shape index (κ2) is 7.30. The Kier molecular flexibility index (Phi) is 4.67. The van der Waals surface area contributed by atoms with E-state index in [2.05, 4.69) is 20.6 Å². The van der Waals surface area contributed by atoms with E-state index in [-0.39, 0.29) is 42.6 Å². The van der Waals surface area contributed by atoms with E-state index in [0.717, 1.165) is 4.90 Å². The molecule has 3 aromatic rings. The molecule has 10 heteroatoms. The quantitative estimate of drug-likeness (QED) is 0.659. The number of imide groups is 1. The minimum Gasteiger partial charge on any atom is -0.401 e. The zero-order valence-electron chi connectivity index (χ0n) is 15.8. The topological polar surface area (TPSA) is 123 Å². The van der Waals surface area contributed by atoms with Crippen LogP contribution < -0.4 is 10.2 Å². The lowest BCUT2D eigenvalue weighted by molar-refractivity contribution is -0.121. The van der Waals surface area contributed by atoms with Gasteiger partial charge in [0.1, 0.15) is 5.69 Å². The molecule has 3 heterocycles. The highest BCUT2D eigenvalue weighted by molar-refractivity contribution is 6.20. The van der Waals surface area contributed by atoms with E-state index in [0.29, 0.717) is 16.9 Å². The minimum absolute atomic E-state index is 0.0459. The fourth-order valence-electron chi connectivity index (χ4n) is 3.07. The summed E-state index contributed by atoms with van der Waals surface area (Å²) in [5, 5.41) is 14.6. The molecule has 10 nitrogen and oxygen atoms in total. The van der Waals surface area contributed by atoms with E-state index in [9.17, 15) is 14.4 Å². The van der Waals surface area contributed by atoms with Gasteiger partial charge in [0.25, 0.3) is 11.8 Å². The molecule has 2 aromatic heterocycles. The monoisotopic (exact) mass is 394 g/mol. The molecule has 1 aromatic carbocycles. The van der Waals surface area contributed by atoms with Gasteiger partial charge in [-0.3, -0.25) is 29.3 Å². The standard InChI is InChI=1S/C19H18N6O4/c1-11(2)25-14(9-10-20-25)18-22-23-19(29-18)21-17(28)12-3-5-13(6-4-12)24-15(26)7-8-16(24)27/h3-6,9-11H,7-8H2,1-2H3,(H,21,23,28). The van der Waals surface area contributed by atoms with E-state index < -0.39 is 5.91 Å². The summed E-state index contributed by atoms with van der Waals surface area (Å²) in [6.07, 6.45) is 2.04. The van der Waals surface area contributed by atoms with Crippen LogP contribution >= 0.6 is 0 Å². The van der Waals surface area contributed by atoms with E-state index in [4.69, 9.17) is 4.42 Å². The number of hydrogen-bond acceptors (Lipinski definition) is 7. The zero-order valence-corrected chi connectivity index (χ0v) is 15.8. The van der Waals surface area contributed by atoms with Crippen molar-refractivity contribution in [3.63, 3.8) is 0 Å². The van der Waals surface area contributed by atoms with Crippen LogP contribution in [-0.2, 0) is 9.59 Å². The largest absolute Gasteiger partial charge is 0.401 e. The molecule has 148 valence electrons. The second-order valence-electron chi connectivity index (χ2n) is 6.79. The maximum Gasteiger partial charge on any atom is 0.322 e. The Labute approximate surface area is 165 Å². The predicted molar refractivity (Wildman–Crippen MR) is 102 cm³/mol. The molecule has 29 heavy (non-hydrogen) atoms. The number of amides is 3. The number of anilines is 2. The van der Waals surface area contributed by atoms with Gasteiger partial charge < -0.3 is 4.42 Å². The molecule has 1 aliphatic heterocycles. The second-order valence-corrected chi connectivity index (χ2v) is 6.79. The lowest BCUT2D eigenvalue weighted by atomic mass is 10.2. The van der Waals surface area contributed by atoms with Crippen LogP contribution in [0, 0.1) is 0 Å². The van der Waals surface area contributed by atoms with Crippen LogP contribution in [0.1, 0.15) is 43.1 Å². The first-order valence-electron chi connectivity index (χ1n) is 9.08. The minimum atomic E-state index is -0.455. The summed E-state index contributed by atoms with van der Waals surface area (Å²) in [6.45, 7) is 3.95. The van der Waals surface area contributed by atoms with E-state index >= 15 is 0 Å². The summed E-state index contributed by atoms with van der Waals surface area (Å²) < 4.78 is 7.27. The van der Waals surface area contributed by atoms with Crippen molar-refractivity contribution in [1.82, 2.24) is 20.0 Å². The smallest absolute Gasteiger partial charge is 0.322 e. The van der Waals surface area contributed by atoms with Crippen molar-refractivity contribution < 1.29 is 18.8 Å². The van der Waals surface area contributed by atoms with Crippen molar-refractivity contribution in [3.8, 4) is 11.6 Å². The van der Waals surface area contributed by atoms with Gasteiger partial charge >= 0.3 is 6.01 Å². The van der Waals surface area contributed by atoms with Gasteiger partial charge in [0.05, 0.1) is 5.69 Å². The molecular weight excluding hydrogens is 376 g/mol. The van der Waals surface area contributed by atoms with Crippen molar-refractivity contribution in [3.05, 3.63) is 42.1 Å². The lowest BCUT2D eigenvalue weighted by Crippen LogP contribution is -2.28. The Morgan fingerprint density at radius 2 is 1.76 bits per heavy atom. The van der Waals surface area contributed by atoms with E-state index in [1.807, 2.05) is 13.8 Å². The first kappa shape index (κ1) is 18.5. The summed E-state index contributed by atoms with van der Waals surface area (Å²) in [4.78, 5) is 37.2. The molecule has 4 rings (SSSR count). The Bertz CT molecular complexity index is 1070. The van der Waals surface area contributed by atoms with Crippen LogP contribution in [0.5, 0.6) is 0 Å². The Morgan fingerprint density at radius 3 is 2.41 bits per heavy atom. The molecule has 1 fully saturated rings. The van der Waals surface area contributed by atoms with Crippen LogP contribution in [0.15, 0.2) is 40.9 Å². The zero-order chi connectivity index (χ0) is 20.5. The molecule has 1 N–H and O–H groups in total. The van der Waals surface area contributed by atoms with Crippen LogP contribution in [-0.4, -0.2) is 37.7 Å². The number of rotatable bonds is 5. The molecule has 0 bridgehead atoms. The third-order valence-electron chi connectivity index (χ3n) is 4.46. The van der Waals surface area contributed by atoms with Crippen molar-refractivity contribution >= 4 is 29.4 Å². The SMILES string of the molecule is CC(C)n1nccc1-c1nnc(NC(=O)c2ccc(N3C(=O)CCC3=O)cc2)o1. The highest BCUT2D eigenvalue weighted by Gasteiger charge is 2.30. The third kappa shape index (κ3) is 3.51. The molecular formula is C19H18N6O4. The predicted octanol–water partition coefficient (Wildman–Crippen LogP) is 2.42. The highest BCUT2D eigenvalue weighted by Crippen LogP contribution is 2.24. The fraction of sp³-hybridized carbons (Fsp3) is 0.263. The normalized spacial score (nSPS) is 14.1. The average Bonchev–Trinajstić information content (AvgIpc) is 3.42. The Balaban J connectivity index is 1.47. The molecule has 0 spiro atoms. The number of carbonyl (C=O) groups is 3.